The fourth-order valence-corrected chi connectivity index (χ4v) is 5.92. The number of hydrogen-bond donors (Lipinski definition) is 2. The number of piperidine rings is 1. The van der Waals surface area contributed by atoms with Crippen molar-refractivity contribution in [1.82, 2.24) is 25.1 Å². The minimum absolute atomic E-state index is 0.206. The topological polar surface area (TPSA) is 74.6 Å². The molecule has 7 nitrogen and oxygen atoms in total. The molecule has 0 bridgehead atoms. The Labute approximate surface area is 225 Å². The Balaban J connectivity index is 1.12. The third-order valence-electron chi connectivity index (χ3n) is 7.82. The predicted octanol–water partition coefficient (Wildman–Crippen LogP) is 4.94. The molecule has 3 aliphatic rings. The second-order valence-corrected chi connectivity index (χ2v) is 10.8. The van der Waals surface area contributed by atoms with Crippen molar-refractivity contribution in [2.75, 3.05) is 32.7 Å². The van der Waals surface area contributed by atoms with Crippen molar-refractivity contribution in [3.8, 4) is 0 Å². The Kier molecular flexibility index (Phi) is 7.16. The first-order chi connectivity index (χ1) is 18.5. The number of halogens is 3. The molecular formula is C28H31ClF2N6O. The summed E-state index contributed by atoms with van der Waals surface area (Å²) in [5.41, 5.74) is 3.79. The molecule has 200 valence electrons. The Morgan fingerprint density at radius 1 is 1.18 bits per heavy atom. The monoisotopic (exact) mass is 540 g/mol. The molecule has 1 unspecified atom stereocenters. The SMILES string of the molecule is O=C(NCCCN1CCC(F)CC1)c1cc2nc3n(c2cc1Cl)CC(c1ccc(C2CCCN2)cc1F)=N3. The molecule has 0 saturated carbocycles. The van der Waals surface area contributed by atoms with E-state index in [0.29, 0.717) is 59.3 Å². The van der Waals surface area contributed by atoms with Crippen LogP contribution >= 0.6 is 11.6 Å². The first-order valence-corrected chi connectivity index (χ1v) is 13.8. The summed E-state index contributed by atoms with van der Waals surface area (Å²) in [6.07, 6.45) is 3.39. The molecule has 4 heterocycles. The molecule has 2 fully saturated rings. The Morgan fingerprint density at radius 3 is 2.79 bits per heavy atom. The number of hydrogen-bond acceptors (Lipinski definition) is 5. The van der Waals surface area contributed by atoms with E-state index in [1.54, 1.807) is 24.3 Å². The second kappa shape index (κ2) is 10.7. The molecule has 0 aliphatic carbocycles. The normalized spacial score (nSPS) is 20.2. The summed E-state index contributed by atoms with van der Waals surface area (Å²) in [4.78, 5) is 24.2. The number of rotatable bonds is 7. The lowest BCUT2D eigenvalue weighted by Gasteiger charge is -2.28. The van der Waals surface area contributed by atoms with Gasteiger partial charge in [0.2, 0.25) is 5.95 Å². The molecule has 1 amide bonds. The maximum Gasteiger partial charge on any atom is 0.252 e. The van der Waals surface area contributed by atoms with E-state index < -0.39 is 6.17 Å². The largest absolute Gasteiger partial charge is 0.352 e. The van der Waals surface area contributed by atoms with Crippen molar-refractivity contribution in [3.63, 3.8) is 0 Å². The van der Waals surface area contributed by atoms with Crippen LogP contribution in [0, 0.1) is 5.82 Å². The van der Waals surface area contributed by atoms with Gasteiger partial charge in [0.1, 0.15) is 12.0 Å². The van der Waals surface area contributed by atoms with Gasteiger partial charge in [-0.1, -0.05) is 17.7 Å². The fourth-order valence-electron chi connectivity index (χ4n) is 5.68. The van der Waals surface area contributed by atoms with Gasteiger partial charge in [-0.15, -0.1) is 0 Å². The number of alkyl halides is 1. The fraction of sp³-hybridized carbons (Fsp3) is 0.464. The number of carbonyl (C=O) groups excluding carboxylic acids is 1. The summed E-state index contributed by atoms with van der Waals surface area (Å²) in [5, 5.41) is 6.66. The number of imidazole rings is 1. The molecule has 2 saturated heterocycles. The molecule has 1 aromatic heterocycles. The third kappa shape index (κ3) is 5.07. The van der Waals surface area contributed by atoms with Crippen LogP contribution in [0.3, 0.4) is 0 Å². The third-order valence-corrected chi connectivity index (χ3v) is 8.14. The van der Waals surface area contributed by atoms with E-state index in [4.69, 9.17) is 11.6 Å². The van der Waals surface area contributed by atoms with Crippen molar-refractivity contribution in [2.45, 2.75) is 50.9 Å². The van der Waals surface area contributed by atoms with Crippen LogP contribution in [0.15, 0.2) is 35.3 Å². The van der Waals surface area contributed by atoms with Gasteiger partial charge in [-0.2, -0.15) is 0 Å². The predicted molar refractivity (Wildman–Crippen MR) is 145 cm³/mol. The summed E-state index contributed by atoms with van der Waals surface area (Å²) >= 11 is 6.51. The zero-order chi connectivity index (χ0) is 26.2. The van der Waals surface area contributed by atoms with E-state index in [1.807, 2.05) is 10.6 Å². The Morgan fingerprint density at radius 2 is 2.03 bits per heavy atom. The maximum absolute atomic E-state index is 15.0. The van der Waals surface area contributed by atoms with E-state index in [9.17, 15) is 9.18 Å². The molecule has 38 heavy (non-hydrogen) atoms. The quantitative estimate of drug-likeness (QED) is 0.416. The molecular weight excluding hydrogens is 510 g/mol. The lowest BCUT2D eigenvalue weighted by Crippen LogP contribution is -2.36. The number of fused-ring (bicyclic) bond motifs is 3. The number of carbonyl (C=O) groups is 1. The standard InChI is InChI=1S/C28H31ClF2N6O/c29-21-15-26-24(14-20(21)27(38)33-9-2-10-36-11-6-18(30)7-12-36)34-28-35-25(16-37(26)28)19-5-4-17(13-22(19)31)23-3-1-8-32-23/h4-5,13-15,18,23,32H,1-3,6-12,16H2,(H,33,38). The smallest absolute Gasteiger partial charge is 0.252 e. The Bertz CT molecular complexity index is 1390. The van der Waals surface area contributed by atoms with Gasteiger partial charge in [0, 0.05) is 31.2 Å². The first kappa shape index (κ1) is 25.4. The molecule has 2 aromatic carbocycles. The zero-order valence-electron chi connectivity index (χ0n) is 21.2. The van der Waals surface area contributed by atoms with E-state index >= 15 is 4.39 Å². The summed E-state index contributed by atoms with van der Waals surface area (Å²) in [6.45, 7) is 4.21. The van der Waals surface area contributed by atoms with E-state index in [-0.39, 0.29) is 17.8 Å². The number of nitrogens with one attached hydrogen (secondary N) is 2. The summed E-state index contributed by atoms with van der Waals surface area (Å²) in [6, 6.07) is 9.00. The number of likely N-dealkylation sites (tertiary alicyclic amines) is 1. The van der Waals surface area contributed by atoms with Crippen LogP contribution in [-0.2, 0) is 6.54 Å². The van der Waals surface area contributed by atoms with Crippen molar-refractivity contribution < 1.29 is 13.6 Å². The molecule has 3 aromatic rings. The van der Waals surface area contributed by atoms with Gasteiger partial charge < -0.3 is 20.1 Å². The average molecular weight is 541 g/mol. The number of aliphatic imine (C=N–C) groups is 1. The second-order valence-electron chi connectivity index (χ2n) is 10.4. The molecule has 0 radical (unpaired) electrons. The van der Waals surface area contributed by atoms with Gasteiger partial charge in [0.25, 0.3) is 5.91 Å². The summed E-state index contributed by atoms with van der Waals surface area (Å²) in [5.74, 6) is -0.0638. The van der Waals surface area contributed by atoms with E-state index in [1.165, 1.54) is 0 Å². The molecule has 2 N–H and O–H groups in total. The minimum atomic E-state index is -0.684. The van der Waals surface area contributed by atoms with Crippen LogP contribution < -0.4 is 10.6 Å². The Hall–Kier alpha value is -2.88. The van der Waals surface area contributed by atoms with Crippen molar-refractivity contribution >= 4 is 40.2 Å². The zero-order valence-corrected chi connectivity index (χ0v) is 21.9. The van der Waals surface area contributed by atoms with Gasteiger partial charge in [0.15, 0.2) is 0 Å². The number of aromatic nitrogens is 2. The molecule has 10 heteroatoms. The van der Waals surface area contributed by atoms with Gasteiger partial charge in [-0.3, -0.25) is 4.79 Å². The first-order valence-electron chi connectivity index (χ1n) is 13.4. The summed E-state index contributed by atoms with van der Waals surface area (Å²) in [7, 11) is 0. The van der Waals surface area contributed by atoms with Crippen molar-refractivity contribution in [3.05, 3.63) is 57.9 Å². The van der Waals surface area contributed by atoms with Crippen LogP contribution in [0.5, 0.6) is 0 Å². The number of nitrogens with zero attached hydrogens (tertiary/aromatic N) is 4. The molecule has 0 spiro atoms. The average Bonchev–Trinajstić information content (AvgIpc) is 3.64. The molecule has 1 atom stereocenters. The lowest BCUT2D eigenvalue weighted by atomic mass is 10.0. The van der Waals surface area contributed by atoms with Crippen LogP contribution in [0.25, 0.3) is 11.0 Å². The van der Waals surface area contributed by atoms with Crippen LogP contribution in [0.1, 0.15) is 59.6 Å². The van der Waals surface area contributed by atoms with E-state index in [2.05, 4.69) is 25.5 Å². The van der Waals surface area contributed by atoms with Gasteiger partial charge in [0.05, 0.1) is 33.9 Å². The molecule has 6 rings (SSSR count). The lowest BCUT2D eigenvalue weighted by molar-refractivity contribution is 0.0950. The van der Waals surface area contributed by atoms with Gasteiger partial charge >= 0.3 is 0 Å². The highest BCUT2D eigenvalue weighted by atomic mass is 35.5. The maximum atomic E-state index is 15.0. The number of benzene rings is 2. The number of amides is 1. The highest BCUT2D eigenvalue weighted by molar-refractivity contribution is 6.34. The summed E-state index contributed by atoms with van der Waals surface area (Å²) < 4.78 is 30.2. The van der Waals surface area contributed by atoms with Gasteiger partial charge in [-0.25, -0.2) is 18.8 Å². The van der Waals surface area contributed by atoms with Crippen LogP contribution in [-0.4, -0.2) is 65.0 Å². The van der Waals surface area contributed by atoms with Crippen LogP contribution in [0.2, 0.25) is 5.02 Å². The highest BCUT2D eigenvalue weighted by Gasteiger charge is 2.25. The van der Waals surface area contributed by atoms with Crippen molar-refractivity contribution in [1.29, 1.82) is 0 Å². The minimum Gasteiger partial charge on any atom is -0.352 e. The van der Waals surface area contributed by atoms with Crippen molar-refractivity contribution in [2.24, 2.45) is 4.99 Å². The van der Waals surface area contributed by atoms with E-state index in [0.717, 1.165) is 56.5 Å². The van der Waals surface area contributed by atoms with Gasteiger partial charge in [-0.05, 0) is 75.0 Å². The highest BCUT2D eigenvalue weighted by Crippen LogP contribution is 2.33. The molecule has 3 aliphatic heterocycles. The van der Waals surface area contributed by atoms with Crippen LogP contribution in [0.4, 0.5) is 14.7 Å².